The molecule has 0 aromatic heterocycles. The molecule has 13 heteroatoms. The van der Waals surface area contributed by atoms with Gasteiger partial charge >= 0.3 is 5.97 Å². The van der Waals surface area contributed by atoms with Crippen LogP contribution in [-0.4, -0.2) is 90.4 Å². The number of amides is 1. The Hall–Kier alpha value is -3.78. The minimum absolute atomic E-state index is 0.0826. The summed E-state index contributed by atoms with van der Waals surface area (Å²) < 4.78 is 27.8. The molecule has 5 rings (SSSR count). The van der Waals surface area contributed by atoms with Gasteiger partial charge in [0.15, 0.2) is 23.0 Å². The largest absolute Gasteiger partial charge is 0.502 e. The van der Waals surface area contributed by atoms with Crippen molar-refractivity contribution in [1.82, 2.24) is 21.3 Å². The van der Waals surface area contributed by atoms with Gasteiger partial charge in [-0.2, -0.15) is 0 Å². The SMILES string of the molecule is COc1cc([C@@H]2c3cc4c(cc3[C@@H](NC(=O)CNCCCNCCNCCCN)[C@H]3COC(=O)[C@H]23)OCO4)cc(OC)c1O. The van der Waals surface area contributed by atoms with Crippen molar-refractivity contribution in [3.05, 3.63) is 41.0 Å². The Bertz CT molecular complexity index is 1300. The Morgan fingerprint density at radius 1 is 0.909 bits per heavy atom. The molecule has 1 saturated heterocycles. The molecule has 0 spiro atoms. The van der Waals surface area contributed by atoms with Crippen LogP contribution in [0.25, 0.3) is 0 Å². The summed E-state index contributed by atoms with van der Waals surface area (Å²) in [5.74, 6) is -0.495. The van der Waals surface area contributed by atoms with E-state index in [1.54, 1.807) is 12.1 Å². The molecular weight excluding hydrogens is 570 g/mol. The quantitative estimate of drug-likeness (QED) is 0.116. The van der Waals surface area contributed by atoms with Crippen LogP contribution in [-0.2, 0) is 14.3 Å². The predicted molar refractivity (Wildman–Crippen MR) is 161 cm³/mol. The fraction of sp³-hybridized carbons (Fsp3) is 0.548. The second-order valence-electron chi connectivity index (χ2n) is 11.1. The topological polar surface area (TPSA) is 175 Å². The first kappa shape index (κ1) is 31.6. The fourth-order valence-electron chi connectivity index (χ4n) is 6.26. The van der Waals surface area contributed by atoms with Crippen molar-refractivity contribution < 1.29 is 38.4 Å². The maximum Gasteiger partial charge on any atom is 0.310 e. The van der Waals surface area contributed by atoms with Crippen LogP contribution in [0.15, 0.2) is 24.3 Å². The lowest BCUT2D eigenvalue weighted by Gasteiger charge is -2.39. The molecule has 0 bridgehead atoms. The number of aromatic hydroxyl groups is 1. The van der Waals surface area contributed by atoms with Gasteiger partial charge in [-0.3, -0.25) is 9.59 Å². The average Bonchev–Trinajstić information content (AvgIpc) is 3.65. The number of carbonyl (C=O) groups is 2. The number of nitrogens with two attached hydrogens (primary N) is 1. The van der Waals surface area contributed by atoms with E-state index in [9.17, 15) is 14.7 Å². The highest BCUT2D eigenvalue weighted by molar-refractivity contribution is 5.81. The van der Waals surface area contributed by atoms with Crippen molar-refractivity contribution in [2.75, 3.05) is 73.4 Å². The number of phenolic OH excluding ortho intramolecular Hbond substituents is 1. The zero-order chi connectivity index (χ0) is 31.1. The van der Waals surface area contributed by atoms with E-state index >= 15 is 0 Å². The van der Waals surface area contributed by atoms with Gasteiger partial charge in [-0.25, -0.2) is 0 Å². The van der Waals surface area contributed by atoms with Crippen molar-refractivity contribution in [3.8, 4) is 28.7 Å². The molecule has 1 aliphatic carbocycles. The molecule has 2 aliphatic heterocycles. The molecule has 2 aromatic carbocycles. The second kappa shape index (κ2) is 14.8. The molecule has 2 aromatic rings. The van der Waals surface area contributed by atoms with Crippen LogP contribution < -0.4 is 45.9 Å². The smallest absolute Gasteiger partial charge is 0.310 e. The molecule has 1 fully saturated rings. The number of nitrogens with one attached hydrogen (secondary N) is 4. The molecule has 0 saturated carbocycles. The molecule has 1 amide bonds. The summed E-state index contributed by atoms with van der Waals surface area (Å²) in [6.45, 7) is 5.28. The van der Waals surface area contributed by atoms with E-state index in [1.807, 2.05) is 12.1 Å². The third-order valence-electron chi connectivity index (χ3n) is 8.39. The van der Waals surface area contributed by atoms with Gasteiger partial charge in [0.2, 0.25) is 18.4 Å². The number of hydrogen-bond donors (Lipinski definition) is 6. The zero-order valence-corrected chi connectivity index (χ0v) is 25.3. The third kappa shape index (κ3) is 6.80. The van der Waals surface area contributed by atoms with Crippen molar-refractivity contribution in [2.45, 2.75) is 24.8 Å². The molecule has 7 N–H and O–H groups in total. The number of cyclic esters (lactones) is 1. The number of rotatable bonds is 16. The summed E-state index contributed by atoms with van der Waals surface area (Å²) in [7, 11) is 2.91. The van der Waals surface area contributed by atoms with Gasteiger partial charge in [0, 0.05) is 24.9 Å². The number of fused-ring (bicyclic) bond motifs is 3. The highest BCUT2D eigenvalue weighted by Crippen LogP contribution is 2.55. The summed E-state index contributed by atoms with van der Waals surface area (Å²) in [6, 6.07) is 6.67. The Morgan fingerprint density at radius 3 is 2.20 bits per heavy atom. The van der Waals surface area contributed by atoms with E-state index < -0.39 is 17.9 Å². The van der Waals surface area contributed by atoms with Gasteiger partial charge in [0.25, 0.3) is 0 Å². The molecule has 4 atom stereocenters. The first-order chi connectivity index (χ1) is 21.5. The molecule has 44 heavy (non-hydrogen) atoms. The third-order valence-corrected chi connectivity index (χ3v) is 8.39. The van der Waals surface area contributed by atoms with E-state index in [0.29, 0.717) is 30.2 Å². The molecule has 0 radical (unpaired) electrons. The second-order valence-corrected chi connectivity index (χ2v) is 11.1. The first-order valence-electron chi connectivity index (χ1n) is 15.1. The maximum absolute atomic E-state index is 13.3. The van der Waals surface area contributed by atoms with Gasteiger partial charge in [-0.15, -0.1) is 0 Å². The molecule has 0 unspecified atom stereocenters. The van der Waals surface area contributed by atoms with Crippen molar-refractivity contribution in [3.63, 3.8) is 0 Å². The highest BCUT2D eigenvalue weighted by Gasteiger charge is 2.53. The Morgan fingerprint density at radius 2 is 1.55 bits per heavy atom. The number of esters is 1. The summed E-state index contributed by atoms with van der Waals surface area (Å²) in [4.78, 5) is 26.5. The summed E-state index contributed by atoms with van der Waals surface area (Å²) in [5.41, 5.74) is 7.82. The normalized spacial score (nSPS) is 21.4. The van der Waals surface area contributed by atoms with Gasteiger partial charge < -0.3 is 55.8 Å². The van der Waals surface area contributed by atoms with E-state index in [-0.39, 0.29) is 55.0 Å². The Labute approximate surface area is 257 Å². The lowest BCUT2D eigenvalue weighted by molar-refractivity contribution is -0.141. The Balaban J connectivity index is 1.30. The average molecular weight is 614 g/mol. The zero-order valence-electron chi connectivity index (χ0n) is 25.3. The Kier molecular flexibility index (Phi) is 10.6. The lowest BCUT2D eigenvalue weighted by atomic mass is 9.65. The summed E-state index contributed by atoms with van der Waals surface area (Å²) >= 11 is 0. The molecule has 2 heterocycles. The van der Waals surface area contributed by atoms with E-state index in [1.165, 1.54) is 14.2 Å². The van der Waals surface area contributed by atoms with Gasteiger partial charge in [-0.05, 0) is 80.0 Å². The minimum atomic E-state index is -0.601. The molecular formula is C31H43N5O8. The van der Waals surface area contributed by atoms with Crippen LogP contribution in [0.2, 0.25) is 0 Å². The van der Waals surface area contributed by atoms with Gasteiger partial charge in [0.05, 0.1) is 39.3 Å². The van der Waals surface area contributed by atoms with Crippen LogP contribution in [0.1, 0.15) is 41.5 Å². The molecule has 3 aliphatic rings. The van der Waals surface area contributed by atoms with Crippen LogP contribution in [0, 0.1) is 11.8 Å². The van der Waals surface area contributed by atoms with E-state index in [2.05, 4.69) is 21.3 Å². The minimum Gasteiger partial charge on any atom is -0.502 e. The first-order valence-corrected chi connectivity index (χ1v) is 15.1. The van der Waals surface area contributed by atoms with Crippen LogP contribution in [0.5, 0.6) is 28.7 Å². The molecule has 240 valence electrons. The van der Waals surface area contributed by atoms with Crippen molar-refractivity contribution >= 4 is 11.9 Å². The van der Waals surface area contributed by atoms with Gasteiger partial charge in [0.1, 0.15) is 0 Å². The monoisotopic (exact) mass is 613 g/mol. The van der Waals surface area contributed by atoms with E-state index in [4.69, 9.17) is 29.4 Å². The van der Waals surface area contributed by atoms with Crippen molar-refractivity contribution in [2.24, 2.45) is 17.6 Å². The van der Waals surface area contributed by atoms with Gasteiger partial charge in [-0.1, -0.05) is 0 Å². The van der Waals surface area contributed by atoms with Crippen molar-refractivity contribution in [1.29, 1.82) is 0 Å². The number of carbonyl (C=O) groups excluding carboxylic acids is 2. The summed E-state index contributed by atoms with van der Waals surface area (Å²) in [5, 5.41) is 23.6. The number of phenols is 1. The fourth-order valence-corrected chi connectivity index (χ4v) is 6.26. The summed E-state index contributed by atoms with van der Waals surface area (Å²) in [6.07, 6.45) is 1.84. The number of benzene rings is 2. The standard InChI is InChI=1S/C31H43N5O8/c1-40-24-11-18(12-25(41-2)30(24)38)27-19-13-22-23(44-17-43-22)14-20(19)29(21-16-42-31(39)28(21)27)36-26(37)15-35-8-4-7-34-10-9-33-6-3-5-32/h11-14,21,27-29,33-35,38H,3-10,15-17,32H2,1-2H3,(H,36,37)/t21-,27+,28-,29+/m0/s1. The van der Waals surface area contributed by atoms with E-state index in [0.717, 1.165) is 50.1 Å². The number of hydrogen-bond acceptors (Lipinski definition) is 12. The lowest BCUT2D eigenvalue weighted by Crippen LogP contribution is -2.45. The van der Waals surface area contributed by atoms with Crippen LogP contribution >= 0.6 is 0 Å². The van der Waals surface area contributed by atoms with Crippen LogP contribution in [0.4, 0.5) is 0 Å². The number of ether oxygens (including phenoxy) is 5. The highest BCUT2D eigenvalue weighted by atomic mass is 16.7. The maximum atomic E-state index is 13.3. The predicted octanol–water partition coefficient (Wildman–Crippen LogP) is 0.738. The molecule has 13 nitrogen and oxygen atoms in total. The van der Waals surface area contributed by atoms with Crippen LogP contribution in [0.3, 0.4) is 0 Å². The number of methoxy groups -OCH3 is 2.